The number of aromatic carboxylic acids is 1. The average molecular weight is 354 g/mol. The second-order valence-electron chi connectivity index (χ2n) is 6.28. The number of carbonyl (C=O) groups excluding carboxylic acids is 2. The van der Waals surface area contributed by atoms with Crippen LogP contribution in [0, 0.1) is 0 Å². The molecule has 0 saturated carbocycles. The van der Waals surface area contributed by atoms with Crippen molar-refractivity contribution < 1.29 is 19.5 Å². The Hall–Kier alpha value is -3.15. The van der Waals surface area contributed by atoms with Gasteiger partial charge in [-0.05, 0) is 49.7 Å². The van der Waals surface area contributed by atoms with Crippen LogP contribution in [0.25, 0.3) is 0 Å². The smallest absolute Gasteiger partial charge is 0.335 e. The van der Waals surface area contributed by atoms with E-state index in [-0.39, 0.29) is 29.0 Å². The number of nitrogens with one attached hydrogen (secondary N) is 1. The van der Waals surface area contributed by atoms with E-state index in [1.165, 1.54) is 18.2 Å². The third-order valence-corrected chi connectivity index (χ3v) is 3.96. The number of carboxylic acid groups (broad SMARTS) is 1. The summed E-state index contributed by atoms with van der Waals surface area (Å²) in [5.74, 6) is -1.45. The van der Waals surface area contributed by atoms with Crippen molar-refractivity contribution in [1.29, 1.82) is 0 Å². The molecule has 0 atom stereocenters. The minimum Gasteiger partial charge on any atom is -0.478 e. The van der Waals surface area contributed by atoms with Gasteiger partial charge in [0.1, 0.15) is 0 Å². The zero-order valence-electron chi connectivity index (χ0n) is 15.0. The van der Waals surface area contributed by atoms with E-state index in [9.17, 15) is 14.4 Å². The van der Waals surface area contributed by atoms with Crippen molar-refractivity contribution in [2.75, 3.05) is 5.32 Å². The predicted molar refractivity (Wildman–Crippen MR) is 99.2 cm³/mol. The lowest BCUT2D eigenvalue weighted by molar-refractivity contribution is -0.131. The van der Waals surface area contributed by atoms with E-state index in [1.54, 1.807) is 30.0 Å². The molecule has 0 radical (unpaired) electrons. The molecule has 0 aliphatic rings. The van der Waals surface area contributed by atoms with Gasteiger partial charge in [0.25, 0.3) is 5.91 Å². The summed E-state index contributed by atoms with van der Waals surface area (Å²) >= 11 is 0. The zero-order valence-corrected chi connectivity index (χ0v) is 15.0. The molecule has 0 aromatic heterocycles. The molecule has 2 aromatic rings. The first-order valence-corrected chi connectivity index (χ1v) is 8.29. The van der Waals surface area contributed by atoms with Crippen molar-refractivity contribution in [2.45, 2.75) is 33.4 Å². The fourth-order valence-corrected chi connectivity index (χ4v) is 2.54. The summed E-state index contributed by atoms with van der Waals surface area (Å²) in [4.78, 5) is 36.7. The normalized spacial score (nSPS) is 10.5. The van der Waals surface area contributed by atoms with E-state index in [2.05, 4.69) is 5.32 Å². The molecular weight excluding hydrogens is 332 g/mol. The summed E-state index contributed by atoms with van der Waals surface area (Å²) < 4.78 is 0. The third kappa shape index (κ3) is 4.92. The first kappa shape index (κ1) is 19.2. The predicted octanol–water partition coefficient (Wildman–Crippen LogP) is 3.39. The second-order valence-corrected chi connectivity index (χ2v) is 6.28. The minimum atomic E-state index is -1.08. The van der Waals surface area contributed by atoms with Crippen LogP contribution in [0.2, 0.25) is 0 Å². The van der Waals surface area contributed by atoms with E-state index in [4.69, 9.17) is 5.11 Å². The van der Waals surface area contributed by atoms with Crippen molar-refractivity contribution in [3.8, 4) is 0 Å². The maximum Gasteiger partial charge on any atom is 0.335 e. The first-order valence-electron chi connectivity index (χ1n) is 8.29. The molecule has 0 unspecified atom stereocenters. The summed E-state index contributed by atoms with van der Waals surface area (Å²) in [5, 5.41) is 11.7. The Morgan fingerprint density at radius 3 is 2.19 bits per heavy atom. The van der Waals surface area contributed by atoms with E-state index in [1.807, 2.05) is 26.0 Å². The van der Waals surface area contributed by atoms with Gasteiger partial charge in [0, 0.05) is 30.8 Å². The van der Waals surface area contributed by atoms with Crippen LogP contribution in [0.15, 0.2) is 48.5 Å². The van der Waals surface area contributed by atoms with Gasteiger partial charge >= 0.3 is 5.97 Å². The molecule has 0 aliphatic heterocycles. The van der Waals surface area contributed by atoms with Gasteiger partial charge < -0.3 is 15.3 Å². The molecule has 0 saturated heterocycles. The van der Waals surface area contributed by atoms with Gasteiger partial charge in [0.05, 0.1) is 5.56 Å². The number of amides is 2. The van der Waals surface area contributed by atoms with Crippen LogP contribution in [0.3, 0.4) is 0 Å². The highest BCUT2D eigenvalue weighted by molar-refractivity contribution is 6.05. The molecule has 136 valence electrons. The molecule has 0 aliphatic carbocycles. The lowest BCUT2D eigenvalue weighted by atomic mass is 10.1. The average Bonchev–Trinajstić information content (AvgIpc) is 2.60. The fraction of sp³-hybridized carbons (Fsp3) is 0.250. The number of anilines is 1. The molecule has 6 nitrogen and oxygen atoms in total. The minimum absolute atomic E-state index is 0.00990. The van der Waals surface area contributed by atoms with Crippen molar-refractivity contribution in [3.63, 3.8) is 0 Å². The fourth-order valence-electron chi connectivity index (χ4n) is 2.54. The Kier molecular flexibility index (Phi) is 6.11. The Morgan fingerprint density at radius 2 is 1.65 bits per heavy atom. The summed E-state index contributed by atoms with van der Waals surface area (Å²) in [5.41, 5.74) is 1.89. The van der Waals surface area contributed by atoms with Crippen molar-refractivity contribution in [3.05, 3.63) is 65.2 Å². The van der Waals surface area contributed by atoms with Gasteiger partial charge in [-0.3, -0.25) is 9.59 Å². The Labute approximate surface area is 152 Å². The first-order chi connectivity index (χ1) is 12.3. The van der Waals surface area contributed by atoms with Crippen LogP contribution in [-0.4, -0.2) is 33.8 Å². The van der Waals surface area contributed by atoms with Crippen molar-refractivity contribution in [2.24, 2.45) is 0 Å². The summed E-state index contributed by atoms with van der Waals surface area (Å²) in [6.07, 6.45) is 0. The van der Waals surface area contributed by atoms with Crippen LogP contribution in [0.4, 0.5) is 5.69 Å². The highest BCUT2D eigenvalue weighted by Gasteiger charge is 2.13. The van der Waals surface area contributed by atoms with Gasteiger partial charge in [0.15, 0.2) is 0 Å². The third-order valence-electron chi connectivity index (χ3n) is 3.96. The van der Waals surface area contributed by atoms with Gasteiger partial charge in [0.2, 0.25) is 5.91 Å². The quantitative estimate of drug-likeness (QED) is 0.832. The van der Waals surface area contributed by atoms with Crippen LogP contribution in [-0.2, 0) is 11.3 Å². The maximum atomic E-state index is 12.3. The molecule has 2 rings (SSSR count). The van der Waals surface area contributed by atoms with Gasteiger partial charge in [-0.15, -0.1) is 0 Å². The lowest BCUT2D eigenvalue weighted by Gasteiger charge is -2.25. The standard InChI is InChI=1S/C20H22N2O4/c1-13(2)22(14(3)23)12-15-7-9-18(10-8-15)21-19(24)16-5-4-6-17(11-16)20(25)26/h4-11,13H,12H2,1-3H3,(H,21,24)(H,25,26). The molecule has 2 aromatic carbocycles. The Balaban J connectivity index is 2.07. The zero-order chi connectivity index (χ0) is 19.3. The van der Waals surface area contributed by atoms with Crippen molar-refractivity contribution in [1.82, 2.24) is 4.90 Å². The highest BCUT2D eigenvalue weighted by Crippen LogP contribution is 2.15. The van der Waals surface area contributed by atoms with Crippen LogP contribution >= 0.6 is 0 Å². The summed E-state index contributed by atoms with van der Waals surface area (Å²) in [6.45, 7) is 5.96. The Morgan fingerprint density at radius 1 is 1.04 bits per heavy atom. The molecular formula is C20H22N2O4. The number of nitrogens with zero attached hydrogens (tertiary/aromatic N) is 1. The largest absolute Gasteiger partial charge is 0.478 e. The number of carbonyl (C=O) groups is 3. The summed E-state index contributed by atoms with van der Waals surface area (Å²) in [7, 11) is 0. The number of hydrogen-bond donors (Lipinski definition) is 2. The monoisotopic (exact) mass is 354 g/mol. The molecule has 0 fully saturated rings. The molecule has 26 heavy (non-hydrogen) atoms. The Bertz CT molecular complexity index is 813. The lowest BCUT2D eigenvalue weighted by Crippen LogP contribution is -2.34. The molecule has 2 amide bonds. The molecule has 0 bridgehead atoms. The SMILES string of the molecule is CC(=O)N(Cc1ccc(NC(=O)c2cccc(C(=O)O)c2)cc1)C(C)C. The summed E-state index contributed by atoms with van der Waals surface area (Å²) in [6, 6.07) is 13.2. The van der Waals surface area contributed by atoms with Crippen LogP contribution in [0.1, 0.15) is 47.1 Å². The van der Waals surface area contributed by atoms with Crippen LogP contribution < -0.4 is 5.32 Å². The van der Waals surface area contributed by atoms with Crippen LogP contribution in [0.5, 0.6) is 0 Å². The molecule has 0 heterocycles. The van der Waals surface area contributed by atoms with E-state index >= 15 is 0 Å². The maximum absolute atomic E-state index is 12.3. The molecule has 6 heteroatoms. The van der Waals surface area contributed by atoms with Gasteiger partial charge in [-0.25, -0.2) is 4.79 Å². The van der Waals surface area contributed by atoms with Gasteiger partial charge in [-0.1, -0.05) is 18.2 Å². The molecule has 0 spiro atoms. The second kappa shape index (κ2) is 8.29. The number of hydrogen-bond acceptors (Lipinski definition) is 3. The number of benzene rings is 2. The van der Waals surface area contributed by atoms with E-state index in [0.717, 1.165) is 5.56 Å². The number of carboxylic acids is 1. The highest BCUT2D eigenvalue weighted by atomic mass is 16.4. The van der Waals surface area contributed by atoms with E-state index < -0.39 is 5.97 Å². The van der Waals surface area contributed by atoms with E-state index in [0.29, 0.717) is 12.2 Å². The van der Waals surface area contributed by atoms with Crippen molar-refractivity contribution >= 4 is 23.5 Å². The van der Waals surface area contributed by atoms with Gasteiger partial charge in [-0.2, -0.15) is 0 Å². The molecule has 2 N–H and O–H groups in total. The number of rotatable bonds is 6. The topological polar surface area (TPSA) is 86.7 Å².